The molecule has 1 aromatic heterocycles. The Hall–Kier alpha value is -1.72. The predicted molar refractivity (Wildman–Crippen MR) is 66.9 cm³/mol. The molecule has 0 aliphatic heterocycles. The maximum atomic E-state index is 10.4. The van der Waals surface area contributed by atoms with E-state index < -0.39 is 0 Å². The largest absolute Gasteiger partial charge is 0.408 e. The normalized spacial score (nSPS) is 10.2. The van der Waals surface area contributed by atoms with Gasteiger partial charge in [-0.2, -0.15) is 0 Å². The molecule has 2 aromatic rings. The van der Waals surface area contributed by atoms with Gasteiger partial charge in [-0.25, -0.2) is 4.98 Å². The lowest BCUT2D eigenvalue weighted by atomic mass is 10.1. The van der Waals surface area contributed by atoms with Crippen LogP contribution >= 0.6 is 11.3 Å². The van der Waals surface area contributed by atoms with Gasteiger partial charge in [0.1, 0.15) is 0 Å². The van der Waals surface area contributed by atoms with Gasteiger partial charge in [0.2, 0.25) is 5.88 Å². The highest BCUT2D eigenvalue weighted by Gasteiger charge is 2.14. The number of nitrogens with two attached hydrogens (primary N) is 1. The molecule has 0 saturated carbocycles. The quantitative estimate of drug-likeness (QED) is 0.842. The minimum absolute atomic E-state index is 0.350. The third-order valence-electron chi connectivity index (χ3n) is 2.34. The Morgan fingerprint density at radius 2 is 2.24 bits per heavy atom. The highest BCUT2D eigenvalue weighted by molar-refractivity contribution is 7.15. The van der Waals surface area contributed by atoms with Crippen LogP contribution in [0.25, 0.3) is 10.4 Å². The van der Waals surface area contributed by atoms with Gasteiger partial charge in [-0.05, 0) is 12.5 Å². The second-order valence-electron chi connectivity index (χ2n) is 3.44. The zero-order valence-corrected chi connectivity index (χ0v) is 10.2. The maximum Gasteiger partial charge on any atom is 0.299 e. The van der Waals surface area contributed by atoms with Crippen LogP contribution in [-0.4, -0.2) is 11.5 Å². The molecule has 2 N–H and O–H groups in total. The molecule has 1 aromatic carbocycles. The first-order valence-electron chi connectivity index (χ1n) is 5.12. The van der Waals surface area contributed by atoms with E-state index >= 15 is 0 Å². The van der Waals surface area contributed by atoms with E-state index in [1.165, 1.54) is 11.3 Å². The van der Waals surface area contributed by atoms with Crippen molar-refractivity contribution in [2.24, 2.45) is 5.73 Å². The van der Waals surface area contributed by atoms with Crippen LogP contribution in [-0.2, 0) is 11.3 Å². The molecule has 88 valence electrons. The molecule has 0 aliphatic carbocycles. The Kier molecular flexibility index (Phi) is 3.51. The van der Waals surface area contributed by atoms with Crippen molar-refractivity contribution in [3.63, 3.8) is 0 Å². The summed E-state index contributed by atoms with van der Waals surface area (Å²) in [6.07, 6.45) is 0. The molecular formula is C12H12N2O2S. The Bertz CT molecular complexity index is 537. The standard InChI is InChI=1S/C12H12N2O2S/c1-8-14-12(16-7-15)11(17-8)10-5-3-2-4-9(10)6-13/h2-5,7H,6,13H2,1H3. The summed E-state index contributed by atoms with van der Waals surface area (Å²) in [5.41, 5.74) is 7.67. The highest BCUT2D eigenvalue weighted by atomic mass is 32.1. The number of hydrogen-bond acceptors (Lipinski definition) is 5. The number of carbonyl (C=O) groups is 1. The average molecular weight is 248 g/mol. The maximum absolute atomic E-state index is 10.4. The van der Waals surface area contributed by atoms with Crippen molar-refractivity contribution in [3.05, 3.63) is 34.8 Å². The number of carbonyl (C=O) groups excluding carboxylic acids is 1. The van der Waals surface area contributed by atoms with Crippen LogP contribution in [0.15, 0.2) is 24.3 Å². The Morgan fingerprint density at radius 1 is 1.47 bits per heavy atom. The van der Waals surface area contributed by atoms with Gasteiger partial charge >= 0.3 is 0 Å². The fourth-order valence-electron chi connectivity index (χ4n) is 1.62. The molecule has 0 atom stereocenters. The van der Waals surface area contributed by atoms with E-state index in [0.29, 0.717) is 18.9 Å². The molecule has 0 fully saturated rings. The molecule has 17 heavy (non-hydrogen) atoms. The number of aryl methyl sites for hydroxylation is 1. The van der Waals surface area contributed by atoms with Gasteiger partial charge < -0.3 is 10.5 Å². The second-order valence-corrected chi connectivity index (χ2v) is 4.65. The summed E-state index contributed by atoms with van der Waals surface area (Å²) in [5, 5.41) is 0.851. The van der Waals surface area contributed by atoms with Gasteiger partial charge in [-0.1, -0.05) is 24.3 Å². The number of ether oxygens (including phenoxy) is 1. The van der Waals surface area contributed by atoms with Crippen LogP contribution in [0.4, 0.5) is 0 Å². The fraction of sp³-hybridized carbons (Fsp3) is 0.167. The van der Waals surface area contributed by atoms with Crippen molar-refractivity contribution in [3.8, 4) is 16.3 Å². The van der Waals surface area contributed by atoms with E-state index in [-0.39, 0.29) is 0 Å². The minimum Gasteiger partial charge on any atom is -0.408 e. The number of hydrogen-bond donors (Lipinski definition) is 1. The van der Waals surface area contributed by atoms with Gasteiger partial charge in [0, 0.05) is 12.1 Å². The van der Waals surface area contributed by atoms with Crippen molar-refractivity contribution in [1.82, 2.24) is 4.98 Å². The lowest BCUT2D eigenvalue weighted by molar-refractivity contribution is -0.120. The Balaban J connectivity index is 2.55. The molecule has 0 bridgehead atoms. The molecule has 0 saturated heterocycles. The van der Waals surface area contributed by atoms with Crippen molar-refractivity contribution in [1.29, 1.82) is 0 Å². The summed E-state index contributed by atoms with van der Waals surface area (Å²) < 4.78 is 4.89. The van der Waals surface area contributed by atoms with E-state index in [1.54, 1.807) is 0 Å². The van der Waals surface area contributed by atoms with Gasteiger partial charge in [0.05, 0.1) is 9.88 Å². The Labute approximate surface area is 103 Å². The first kappa shape index (κ1) is 11.8. The van der Waals surface area contributed by atoms with E-state index in [0.717, 1.165) is 21.0 Å². The summed E-state index contributed by atoms with van der Waals surface area (Å²) in [7, 11) is 0. The van der Waals surface area contributed by atoms with E-state index in [9.17, 15) is 4.79 Å². The molecule has 5 heteroatoms. The lowest BCUT2D eigenvalue weighted by Gasteiger charge is -2.05. The second kappa shape index (κ2) is 5.07. The highest BCUT2D eigenvalue weighted by Crippen LogP contribution is 2.36. The van der Waals surface area contributed by atoms with Crippen molar-refractivity contribution >= 4 is 17.8 Å². The monoisotopic (exact) mass is 248 g/mol. The molecule has 1 heterocycles. The van der Waals surface area contributed by atoms with Gasteiger partial charge in [0.15, 0.2) is 0 Å². The first-order valence-corrected chi connectivity index (χ1v) is 5.94. The third kappa shape index (κ3) is 2.35. The van der Waals surface area contributed by atoms with Gasteiger partial charge in [-0.15, -0.1) is 11.3 Å². The van der Waals surface area contributed by atoms with Crippen molar-refractivity contribution < 1.29 is 9.53 Å². The zero-order chi connectivity index (χ0) is 12.3. The number of nitrogens with zero attached hydrogens (tertiary/aromatic N) is 1. The third-order valence-corrected chi connectivity index (χ3v) is 3.33. The molecule has 0 aliphatic rings. The molecular weight excluding hydrogens is 236 g/mol. The summed E-state index contributed by atoms with van der Waals surface area (Å²) in [5.74, 6) is 0.350. The van der Waals surface area contributed by atoms with Crippen LogP contribution in [0, 0.1) is 6.92 Å². The van der Waals surface area contributed by atoms with Crippen LogP contribution in [0.2, 0.25) is 0 Å². The SMILES string of the molecule is Cc1nc(OC=O)c(-c2ccccc2CN)s1. The van der Waals surface area contributed by atoms with Gasteiger partial charge in [0.25, 0.3) is 6.47 Å². The molecule has 0 radical (unpaired) electrons. The molecule has 2 rings (SSSR count). The van der Waals surface area contributed by atoms with Crippen LogP contribution in [0.5, 0.6) is 5.88 Å². The van der Waals surface area contributed by atoms with Crippen LogP contribution in [0.1, 0.15) is 10.6 Å². The number of rotatable bonds is 4. The number of benzene rings is 1. The topological polar surface area (TPSA) is 65.2 Å². The van der Waals surface area contributed by atoms with E-state index in [2.05, 4.69) is 4.98 Å². The minimum atomic E-state index is 0.350. The van der Waals surface area contributed by atoms with E-state index in [4.69, 9.17) is 10.5 Å². The summed E-state index contributed by atoms with van der Waals surface area (Å²) in [6, 6.07) is 7.76. The fourth-order valence-corrected chi connectivity index (χ4v) is 2.54. The van der Waals surface area contributed by atoms with Crippen LogP contribution < -0.4 is 10.5 Å². The summed E-state index contributed by atoms with van der Waals surface area (Å²) >= 11 is 1.49. The number of thiazole rings is 1. The Morgan fingerprint density at radius 3 is 2.94 bits per heavy atom. The average Bonchev–Trinajstić information content (AvgIpc) is 2.71. The number of aromatic nitrogens is 1. The van der Waals surface area contributed by atoms with E-state index in [1.807, 2.05) is 31.2 Å². The van der Waals surface area contributed by atoms with Gasteiger partial charge in [-0.3, -0.25) is 4.79 Å². The first-order chi connectivity index (χ1) is 8.26. The molecule has 4 nitrogen and oxygen atoms in total. The predicted octanol–water partition coefficient (Wildman–Crippen LogP) is 2.11. The molecule has 0 spiro atoms. The van der Waals surface area contributed by atoms with Crippen LogP contribution in [0.3, 0.4) is 0 Å². The molecule has 0 unspecified atom stereocenters. The summed E-state index contributed by atoms with van der Waals surface area (Å²) in [4.78, 5) is 15.5. The zero-order valence-electron chi connectivity index (χ0n) is 9.34. The summed E-state index contributed by atoms with van der Waals surface area (Å²) in [6.45, 7) is 2.70. The van der Waals surface area contributed by atoms with Crippen molar-refractivity contribution in [2.75, 3.05) is 0 Å². The lowest BCUT2D eigenvalue weighted by Crippen LogP contribution is -1.99. The smallest absolute Gasteiger partial charge is 0.299 e. The van der Waals surface area contributed by atoms with Crippen molar-refractivity contribution in [2.45, 2.75) is 13.5 Å². The molecule has 0 amide bonds.